The van der Waals surface area contributed by atoms with Gasteiger partial charge in [-0.3, -0.25) is 4.90 Å². The molecule has 2 nitrogen and oxygen atoms in total. The van der Waals surface area contributed by atoms with Crippen LogP contribution in [-0.2, 0) is 0 Å². The quantitative estimate of drug-likeness (QED) is 0.778. The Kier molecular flexibility index (Phi) is 4.42. The largest absolute Gasteiger partial charge is 0.309 e. The van der Waals surface area contributed by atoms with E-state index in [4.69, 9.17) is 11.6 Å². The smallest absolute Gasteiger partial charge is 0.0253 e. The van der Waals surface area contributed by atoms with E-state index in [2.05, 4.69) is 31.0 Å². The highest BCUT2D eigenvalue weighted by atomic mass is 35.5. The van der Waals surface area contributed by atoms with Gasteiger partial charge < -0.3 is 5.32 Å². The molecule has 0 amide bonds. The molecule has 1 atom stereocenters. The summed E-state index contributed by atoms with van der Waals surface area (Å²) in [6.07, 6.45) is 3.21. The monoisotopic (exact) mass is 216 g/mol. The fourth-order valence-electron chi connectivity index (χ4n) is 2.01. The Hall–Kier alpha value is -0.0500. The molecule has 1 aliphatic heterocycles. The summed E-state index contributed by atoms with van der Waals surface area (Å²) in [6, 6.07) is 0.649. The maximum absolute atomic E-state index is 5.56. The van der Waals surface area contributed by atoms with Gasteiger partial charge in [-0.1, -0.05) is 24.6 Å². The first-order valence-electron chi connectivity index (χ1n) is 5.33. The lowest BCUT2D eigenvalue weighted by Crippen LogP contribution is -2.61. The SMILES string of the molecule is CCC1CNC(C)(C)CN1C/C=C/Cl. The Morgan fingerprint density at radius 1 is 1.57 bits per heavy atom. The van der Waals surface area contributed by atoms with E-state index in [9.17, 15) is 0 Å². The van der Waals surface area contributed by atoms with Crippen molar-refractivity contribution in [3.05, 3.63) is 11.6 Å². The van der Waals surface area contributed by atoms with E-state index in [-0.39, 0.29) is 5.54 Å². The van der Waals surface area contributed by atoms with Crippen LogP contribution < -0.4 is 5.32 Å². The molecule has 1 saturated heterocycles. The first-order valence-corrected chi connectivity index (χ1v) is 5.77. The lowest BCUT2D eigenvalue weighted by atomic mass is 9.97. The van der Waals surface area contributed by atoms with Crippen molar-refractivity contribution in [1.82, 2.24) is 10.2 Å². The van der Waals surface area contributed by atoms with Gasteiger partial charge in [0.05, 0.1) is 0 Å². The van der Waals surface area contributed by atoms with E-state index in [0.29, 0.717) is 6.04 Å². The van der Waals surface area contributed by atoms with E-state index in [0.717, 1.165) is 19.6 Å². The third-order valence-corrected chi connectivity index (χ3v) is 3.01. The van der Waals surface area contributed by atoms with Gasteiger partial charge in [0.2, 0.25) is 0 Å². The fraction of sp³-hybridized carbons (Fsp3) is 0.818. The minimum absolute atomic E-state index is 0.228. The number of nitrogens with zero attached hydrogens (tertiary/aromatic N) is 1. The van der Waals surface area contributed by atoms with Crippen molar-refractivity contribution in [1.29, 1.82) is 0 Å². The molecule has 1 rings (SSSR count). The molecule has 1 heterocycles. The molecule has 1 fully saturated rings. The van der Waals surface area contributed by atoms with Crippen LogP contribution in [0.4, 0.5) is 0 Å². The van der Waals surface area contributed by atoms with E-state index in [1.807, 2.05) is 6.08 Å². The first-order chi connectivity index (χ1) is 6.59. The second kappa shape index (κ2) is 5.15. The van der Waals surface area contributed by atoms with Crippen LogP contribution in [0.1, 0.15) is 27.2 Å². The molecule has 0 radical (unpaired) electrons. The standard InChI is InChI=1S/C11H21ClN2/c1-4-10-8-13-11(2,3)9-14(10)7-5-6-12/h5-6,10,13H,4,7-9H2,1-3H3/b6-5+. The van der Waals surface area contributed by atoms with Crippen molar-refractivity contribution < 1.29 is 0 Å². The molecular weight excluding hydrogens is 196 g/mol. The summed E-state index contributed by atoms with van der Waals surface area (Å²) in [7, 11) is 0. The Morgan fingerprint density at radius 2 is 2.29 bits per heavy atom. The molecule has 0 aromatic carbocycles. The van der Waals surface area contributed by atoms with Crippen LogP contribution in [0.3, 0.4) is 0 Å². The fourth-order valence-corrected chi connectivity index (χ4v) is 2.09. The average Bonchev–Trinajstić information content (AvgIpc) is 2.14. The second-order valence-corrected chi connectivity index (χ2v) is 4.87. The minimum Gasteiger partial charge on any atom is -0.309 e. The van der Waals surface area contributed by atoms with Gasteiger partial charge >= 0.3 is 0 Å². The number of hydrogen-bond acceptors (Lipinski definition) is 2. The summed E-state index contributed by atoms with van der Waals surface area (Å²) in [5.41, 5.74) is 1.84. The highest BCUT2D eigenvalue weighted by Crippen LogP contribution is 2.16. The Bertz CT molecular complexity index is 201. The van der Waals surface area contributed by atoms with Crippen LogP contribution in [0, 0.1) is 0 Å². The summed E-state index contributed by atoms with van der Waals surface area (Å²) in [6.45, 7) is 9.87. The van der Waals surface area contributed by atoms with Gasteiger partial charge in [0.15, 0.2) is 0 Å². The molecular formula is C11H21ClN2. The third-order valence-electron chi connectivity index (χ3n) is 2.83. The summed E-state index contributed by atoms with van der Waals surface area (Å²) in [5, 5.41) is 3.57. The molecule has 0 spiro atoms. The first kappa shape index (κ1) is 12.0. The summed E-state index contributed by atoms with van der Waals surface area (Å²) >= 11 is 5.56. The lowest BCUT2D eigenvalue weighted by molar-refractivity contribution is 0.105. The highest BCUT2D eigenvalue weighted by molar-refractivity contribution is 6.25. The molecule has 0 aromatic rings. The molecule has 1 unspecified atom stereocenters. The highest BCUT2D eigenvalue weighted by Gasteiger charge is 2.30. The molecule has 1 N–H and O–H groups in total. The van der Waals surface area contributed by atoms with E-state index < -0.39 is 0 Å². The number of hydrogen-bond donors (Lipinski definition) is 1. The summed E-state index contributed by atoms with van der Waals surface area (Å²) < 4.78 is 0. The van der Waals surface area contributed by atoms with Gasteiger partial charge in [-0.15, -0.1) is 0 Å². The van der Waals surface area contributed by atoms with Gasteiger partial charge in [-0.05, 0) is 20.3 Å². The third kappa shape index (κ3) is 3.26. The van der Waals surface area contributed by atoms with Crippen LogP contribution in [-0.4, -0.2) is 36.1 Å². The molecule has 14 heavy (non-hydrogen) atoms. The number of rotatable bonds is 3. The number of halogens is 1. The Labute approximate surface area is 92.3 Å². The van der Waals surface area contributed by atoms with Gasteiger partial charge in [0.25, 0.3) is 0 Å². The van der Waals surface area contributed by atoms with Crippen molar-refractivity contribution in [2.24, 2.45) is 0 Å². The number of nitrogens with one attached hydrogen (secondary N) is 1. The van der Waals surface area contributed by atoms with Crippen molar-refractivity contribution >= 4 is 11.6 Å². The van der Waals surface area contributed by atoms with Gasteiger partial charge in [0.1, 0.15) is 0 Å². The van der Waals surface area contributed by atoms with E-state index >= 15 is 0 Å². The van der Waals surface area contributed by atoms with Gasteiger partial charge in [-0.2, -0.15) is 0 Å². The summed E-state index contributed by atoms with van der Waals surface area (Å²) in [4.78, 5) is 2.50. The van der Waals surface area contributed by atoms with Crippen molar-refractivity contribution in [2.45, 2.75) is 38.8 Å². The molecule has 1 aliphatic rings. The average molecular weight is 217 g/mol. The number of piperazine rings is 1. The molecule has 0 aliphatic carbocycles. The minimum atomic E-state index is 0.228. The van der Waals surface area contributed by atoms with Crippen LogP contribution >= 0.6 is 11.6 Å². The molecule has 3 heteroatoms. The van der Waals surface area contributed by atoms with Crippen LogP contribution in [0.25, 0.3) is 0 Å². The topological polar surface area (TPSA) is 15.3 Å². The maximum Gasteiger partial charge on any atom is 0.0253 e. The predicted molar refractivity (Wildman–Crippen MR) is 62.7 cm³/mol. The molecule has 0 saturated carbocycles. The molecule has 0 bridgehead atoms. The van der Waals surface area contributed by atoms with Crippen LogP contribution in [0.2, 0.25) is 0 Å². The Balaban J connectivity index is 2.56. The van der Waals surface area contributed by atoms with Crippen LogP contribution in [0.15, 0.2) is 11.6 Å². The van der Waals surface area contributed by atoms with E-state index in [1.54, 1.807) is 5.54 Å². The van der Waals surface area contributed by atoms with Crippen molar-refractivity contribution in [3.8, 4) is 0 Å². The lowest BCUT2D eigenvalue weighted by Gasteiger charge is -2.44. The van der Waals surface area contributed by atoms with Gasteiger partial charge in [0, 0.05) is 36.8 Å². The van der Waals surface area contributed by atoms with Crippen molar-refractivity contribution in [3.63, 3.8) is 0 Å². The normalized spacial score (nSPS) is 28.4. The second-order valence-electron chi connectivity index (χ2n) is 4.62. The van der Waals surface area contributed by atoms with Crippen LogP contribution in [0.5, 0.6) is 0 Å². The zero-order valence-corrected chi connectivity index (χ0v) is 10.1. The maximum atomic E-state index is 5.56. The predicted octanol–water partition coefficient (Wildman–Crippen LogP) is 2.20. The van der Waals surface area contributed by atoms with E-state index in [1.165, 1.54) is 6.42 Å². The van der Waals surface area contributed by atoms with Gasteiger partial charge in [-0.25, -0.2) is 0 Å². The Morgan fingerprint density at radius 3 is 2.86 bits per heavy atom. The summed E-state index contributed by atoms with van der Waals surface area (Å²) in [5.74, 6) is 0. The van der Waals surface area contributed by atoms with Crippen molar-refractivity contribution in [2.75, 3.05) is 19.6 Å². The zero-order chi connectivity index (χ0) is 10.6. The zero-order valence-electron chi connectivity index (χ0n) is 9.39. The molecule has 82 valence electrons. The molecule has 0 aromatic heterocycles.